The van der Waals surface area contributed by atoms with Crippen LogP contribution in [0, 0.1) is 10.1 Å². The maximum atomic E-state index is 11.8. The fourth-order valence-electron chi connectivity index (χ4n) is 1.43. The van der Waals surface area contributed by atoms with Gasteiger partial charge in [-0.15, -0.1) is 9.36 Å². The maximum absolute atomic E-state index is 11.8. The summed E-state index contributed by atoms with van der Waals surface area (Å²) in [5, 5.41) is 14.3. The van der Waals surface area contributed by atoms with Crippen LogP contribution >= 0.6 is 0 Å². The molecule has 1 heterocycles. The molecule has 0 amide bonds. The van der Waals surface area contributed by atoms with Crippen LogP contribution in [0.2, 0.25) is 0 Å². The third-order valence-corrected chi connectivity index (χ3v) is 2.31. The summed E-state index contributed by atoms with van der Waals surface area (Å²) in [5.41, 5.74) is 0.338. The minimum absolute atomic E-state index is 0.0298. The van der Waals surface area contributed by atoms with Gasteiger partial charge in [0.1, 0.15) is 0 Å². The van der Waals surface area contributed by atoms with Crippen molar-refractivity contribution in [3.05, 3.63) is 52.6 Å². The molecule has 0 atom stereocenters. The number of nitrogen functional groups attached to an aromatic ring is 1. The maximum Gasteiger partial charge on any atom is 0.286 e. The summed E-state index contributed by atoms with van der Waals surface area (Å²) in [6, 6.07) is 5.42. The Morgan fingerprint density at radius 2 is 2.11 bits per heavy atom. The Balaban J connectivity index is 2.11. The van der Waals surface area contributed by atoms with E-state index in [9.17, 15) is 14.9 Å². The smallest absolute Gasteiger partial charge is 0.286 e. The summed E-state index contributed by atoms with van der Waals surface area (Å²) in [4.78, 5) is 21.8. The van der Waals surface area contributed by atoms with E-state index < -0.39 is 4.92 Å². The number of hydrogen-bond donors (Lipinski definition) is 1. The Morgan fingerprint density at radius 1 is 1.44 bits per heavy atom. The average molecular weight is 248 g/mol. The first kappa shape index (κ1) is 11.7. The van der Waals surface area contributed by atoms with E-state index in [1.54, 1.807) is 0 Å². The van der Waals surface area contributed by atoms with E-state index in [1.165, 1.54) is 46.3 Å². The molecule has 0 aliphatic rings. The van der Waals surface area contributed by atoms with Gasteiger partial charge in [-0.05, 0) is 12.1 Å². The first-order chi connectivity index (χ1) is 8.56. The number of non-ortho nitro benzene ring substituents is 1. The lowest BCUT2D eigenvalue weighted by Crippen LogP contribution is -2.42. The van der Waals surface area contributed by atoms with Gasteiger partial charge in [0.15, 0.2) is 12.3 Å². The second-order valence-electron chi connectivity index (χ2n) is 3.62. The molecule has 0 radical (unpaired) electrons. The van der Waals surface area contributed by atoms with Crippen molar-refractivity contribution in [3.63, 3.8) is 0 Å². The summed E-state index contributed by atoms with van der Waals surface area (Å²) in [6.07, 6.45) is 2.83. The van der Waals surface area contributed by atoms with Crippen molar-refractivity contribution < 1.29 is 14.4 Å². The molecule has 2 N–H and O–H groups in total. The molecule has 1 aromatic carbocycles. The largest absolute Gasteiger partial charge is 0.290 e. The van der Waals surface area contributed by atoms with Crippen molar-refractivity contribution in [1.29, 1.82) is 0 Å². The van der Waals surface area contributed by atoms with E-state index in [-0.39, 0.29) is 18.0 Å². The molecule has 0 aliphatic carbocycles. The molecule has 1 aromatic heterocycles. The normalized spacial score (nSPS) is 10.2. The Morgan fingerprint density at radius 3 is 2.61 bits per heavy atom. The number of rotatable bonds is 4. The molecule has 0 saturated heterocycles. The first-order valence-corrected chi connectivity index (χ1v) is 5.03. The lowest BCUT2D eigenvalue weighted by molar-refractivity contribution is -0.639. The molecule has 0 bridgehead atoms. The van der Waals surface area contributed by atoms with Crippen molar-refractivity contribution in [2.24, 2.45) is 0 Å². The van der Waals surface area contributed by atoms with Crippen LogP contribution in [0.3, 0.4) is 0 Å². The van der Waals surface area contributed by atoms with Crippen LogP contribution in [0.1, 0.15) is 10.4 Å². The van der Waals surface area contributed by atoms with Gasteiger partial charge < -0.3 is 0 Å². The summed E-state index contributed by atoms with van der Waals surface area (Å²) in [6.45, 7) is 0.0298. The van der Waals surface area contributed by atoms with Crippen molar-refractivity contribution in [3.8, 4) is 0 Å². The van der Waals surface area contributed by atoms with E-state index in [4.69, 9.17) is 5.84 Å². The van der Waals surface area contributed by atoms with Gasteiger partial charge in [0.05, 0.1) is 4.92 Å². The van der Waals surface area contributed by atoms with Gasteiger partial charge in [-0.3, -0.25) is 20.8 Å². The molecule has 2 rings (SSSR count). The zero-order valence-electron chi connectivity index (χ0n) is 9.26. The molecule has 0 saturated carbocycles. The number of nitro benzene ring substituents is 1. The average Bonchev–Trinajstić information content (AvgIpc) is 2.75. The molecule has 18 heavy (non-hydrogen) atoms. The molecule has 8 nitrogen and oxygen atoms in total. The molecular weight excluding hydrogens is 238 g/mol. The number of carbonyl (C=O) groups is 1. The van der Waals surface area contributed by atoms with Gasteiger partial charge in [-0.25, -0.2) is 0 Å². The molecule has 0 aliphatic heterocycles. The number of nitrogens with zero attached hydrogens (tertiary/aromatic N) is 4. The van der Waals surface area contributed by atoms with E-state index >= 15 is 0 Å². The van der Waals surface area contributed by atoms with Crippen LogP contribution in [-0.4, -0.2) is 20.5 Å². The van der Waals surface area contributed by atoms with E-state index in [2.05, 4.69) is 5.10 Å². The van der Waals surface area contributed by atoms with Gasteiger partial charge in [0, 0.05) is 22.8 Å². The molecule has 2 aromatic rings. The molecule has 92 valence electrons. The molecule has 0 fully saturated rings. The van der Waals surface area contributed by atoms with Gasteiger partial charge >= 0.3 is 0 Å². The molecule has 0 unspecified atom stereocenters. The molecule has 8 heteroatoms. The number of hydrogen-bond acceptors (Lipinski definition) is 5. The second kappa shape index (κ2) is 4.62. The highest BCUT2D eigenvalue weighted by Gasteiger charge is 2.13. The Kier molecular flexibility index (Phi) is 3.00. The van der Waals surface area contributed by atoms with Gasteiger partial charge in [-0.1, -0.05) is 0 Å². The quantitative estimate of drug-likeness (QED) is 0.262. The van der Waals surface area contributed by atoms with Crippen LogP contribution in [0.4, 0.5) is 5.69 Å². The number of ketones is 1. The topological polar surface area (TPSA) is 108 Å². The monoisotopic (exact) mass is 248 g/mol. The Hall–Kier alpha value is -2.77. The van der Waals surface area contributed by atoms with Gasteiger partial charge in [0.25, 0.3) is 12.0 Å². The lowest BCUT2D eigenvalue weighted by atomic mass is 10.1. The fourth-order valence-corrected chi connectivity index (χ4v) is 1.43. The zero-order valence-corrected chi connectivity index (χ0v) is 9.26. The highest BCUT2D eigenvalue weighted by molar-refractivity contribution is 5.95. The summed E-state index contributed by atoms with van der Waals surface area (Å²) < 4.78 is 2.60. The predicted molar refractivity (Wildman–Crippen MR) is 60.0 cm³/mol. The van der Waals surface area contributed by atoms with Gasteiger partial charge in [0.2, 0.25) is 6.33 Å². The van der Waals surface area contributed by atoms with Crippen LogP contribution in [0.25, 0.3) is 0 Å². The summed E-state index contributed by atoms with van der Waals surface area (Å²) in [5.74, 6) is 5.19. The SMILES string of the molecule is N[n+]1cnn(CC(=O)c2ccc([N+](=O)[O-])cc2)c1. The highest BCUT2D eigenvalue weighted by Crippen LogP contribution is 2.12. The first-order valence-electron chi connectivity index (χ1n) is 5.03. The van der Waals surface area contributed by atoms with E-state index in [0.717, 1.165) is 0 Å². The zero-order chi connectivity index (χ0) is 13.1. The number of Topliss-reactive ketones (excluding diaryl/α,β-unsaturated/α-hetero) is 1. The Bertz CT molecular complexity index is 590. The summed E-state index contributed by atoms with van der Waals surface area (Å²) >= 11 is 0. The van der Waals surface area contributed by atoms with Crippen LogP contribution in [-0.2, 0) is 6.54 Å². The van der Waals surface area contributed by atoms with E-state index in [1.807, 2.05) is 0 Å². The van der Waals surface area contributed by atoms with Crippen LogP contribution < -0.4 is 10.5 Å². The van der Waals surface area contributed by atoms with Crippen LogP contribution in [0.15, 0.2) is 36.9 Å². The summed E-state index contributed by atoms with van der Waals surface area (Å²) in [7, 11) is 0. The fraction of sp³-hybridized carbons (Fsp3) is 0.100. The minimum Gasteiger partial charge on any atom is -0.290 e. The standard InChI is InChI=1S/C10H10N5O3/c11-13-6-12-14(7-13)5-10(16)8-1-3-9(4-2-8)15(17)18/h1-4,6-7H,5,11H2/q+1. The molecular formula is C10H10N5O3+. The lowest BCUT2D eigenvalue weighted by Gasteiger charge is -1.97. The Labute approximate surface area is 101 Å². The van der Waals surface area contributed by atoms with E-state index in [0.29, 0.717) is 5.56 Å². The predicted octanol–water partition coefficient (Wildman–Crippen LogP) is -0.325. The van der Waals surface area contributed by atoms with Gasteiger partial charge in [-0.2, -0.15) is 0 Å². The number of carbonyl (C=O) groups excluding carboxylic acids is 1. The third kappa shape index (κ3) is 2.48. The number of nitro groups is 1. The van der Waals surface area contributed by atoms with Crippen molar-refractivity contribution in [1.82, 2.24) is 9.78 Å². The minimum atomic E-state index is -0.515. The van der Waals surface area contributed by atoms with Crippen molar-refractivity contribution in [2.75, 3.05) is 5.84 Å². The number of nitrogens with two attached hydrogens (primary N) is 1. The number of aromatic nitrogens is 3. The van der Waals surface area contributed by atoms with Crippen molar-refractivity contribution in [2.45, 2.75) is 6.54 Å². The van der Waals surface area contributed by atoms with Crippen LogP contribution in [0.5, 0.6) is 0 Å². The highest BCUT2D eigenvalue weighted by atomic mass is 16.6. The second-order valence-corrected chi connectivity index (χ2v) is 3.62. The third-order valence-electron chi connectivity index (χ3n) is 2.31. The molecule has 0 spiro atoms. The number of benzene rings is 1. The van der Waals surface area contributed by atoms with Crippen molar-refractivity contribution >= 4 is 11.5 Å².